The minimum atomic E-state index is 0.321. The van der Waals surface area contributed by atoms with E-state index in [2.05, 4.69) is 19.1 Å². The van der Waals surface area contributed by atoms with Crippen molar-refractivity contribution in [2.45, 2.75) is 25.3 Å². The highest BCUT2D eigenvalue weighted by Crippen LogP contribution is 2.49. The van der Waals surface area contributed by atoms with Gasteiger partial charge in [-0.3, -0.25) is 0 Å². The topological polar surface area (TPSA) is 35.2 Å². The second kappa shape index (κ2) is 3.62. The molecule has 14 heavy (non-hydrogen) atoms. The highest BCUT2D eigenvalue weighted by atomic mass is 16.5. The summed E-state index contributed by atoms with van der Waals surface area (Å²) < 4.78 is 5.12. The molecule has 1 aromatic carbocycles. The van der Waals surface area contributed by atoms with Crippen LogP contribution in [0.3, 0.4) is 0 Å². The number of hydrogen-bond donors (Lipinski definition) is 1. The fourth-order valence-electron chi connectivity index (χ4n) is 2.03. The third-order valence-electron chi connectivity index (χ3n) is 3.06. The van der Waals surface area contributed by atoms with Crippen LogP contribution in [0.15, 0.2) is 24.3 Å². The van der Waals surface area contributed by atoms with Gasteiger partial charge in [0.1, 0.15) is 5.75 Å². The number of benzene rings is 1. The Labute approximate surface area is 85.1 Å². The fraction of sp³-hybridized carbons (Fsp3) is 0.500. The smallest absolute Gasteiger partial charge is 0.118 e. The first-order chi connectivity index (χ1) is 6.72. The van der Waals surface area contributed by atoms with Crippen LogP contribution in [-0.2, 0) is 0 Å². The molecule has 0 heterocycles. The lowest BCUT2D eigenvalue weighted by Crippen LogP contribution is -2.17. The van der Waals surface area contributed by atoms with Gasteiger partial charge in [0.25, 0.3) is 0 Å². The Kier molecular flexibility index (Phi) is 2.46. The molecule has 1 aliphatic carbocycles. The summed E-state index contributed by atoms with van der Waals surface area (Å²) in [5, 5.41) is 0. The largest absolute Gasteiger partial charge is 0.497 e. The third kappa shape index (κ3) is 1.75. The van der Waals surface area contributed by atoms with Crippen molar-refractivity contribution in [2.75, 3.05) is 7.11 Å². The van der Waals surface area contributed by atoms with E-state index in [0.29, 0.717) is 17.9 Å². The van der Waals surface area contributed by atoms with Crippen molar-refractivity contribution in [3.8, 4) is 5.75 Å². The van der Waals surface area contributed by atoms with E-state index >= 15 is 0 Å². The molecule has 1 saturated carbocycles. The van der Waals surface area contributed by atoms with Crippen LogP contribution in [0.2, 0.25) is 0 Å². The molecule has 0 spiro atoms. The molecule has 0 amide bonds. The SMILES string of the molecule is COc1ccc([C@H]2C[C@@H]2[C@@H](C)N)cc1. The van der Waals surface area contributed by atoms with Gasteiger partial charge < -0.3 is 10.5 Å². The van der Waals surface area contributed by atoms with Gasteiger partial charge in [0.2, 0.25) is 0 Å². The molecule has 2 rings (SSSR count). The summed E-state index contributed by atoms with van der Waals surface area (Å²) in [5.74, 6) is 2.29. The molecule has 3 atom stereocenters. The minimum absolute atomic E-state index is 0.321. The molecule has 2 N–H and O–H groups in total. The standard InChI is InChI=1S/C12H17NO/c1-8(13)11-7-12(11)9-3-5-10(14-2)6-4-9/h3-6,8,11-12H,7,13H2,1-2H3/t8-,11-,12-/m1/s1. The fourth-order valence-corrected chi connectivity index (χ4v) is 2.03. The maximum Gasteiger partial charge on any atom is 0.118 e. The zero-order valence-corrected chi connectivity index (χ0v) is 8.73. The van der Waals surface area contributed by atoms with E-state index < -0.39 is 0 Å². The molecule has 1 aliphatic rings. The molecule has 0 unspecified atom stereocenters. The van der Waals surface area contributed by atoms with Crippen molar-refractivity contribution < 1.29 is 4.74 Å². The number of rotatable bonds is 3. The number of nitrogens with two attached hydrogens (primary N) is 1. The van der Waals surface area contributed by atoms with Crippen LogP contribution in [0.1, 0.15) is 24.8 Å². The first-order valence-corrected chi connectivity index (χ1v) is 5.12. The maximum absolute atomic E-state index is 5.86. The number of methoxy groups -OCH3 is 1. The summed E-state index contributed by atoms with van der Waals surface area (Å²) >= 11 is 0. The first-order valence-electron chi connectivity index (χ1n) is 5.12. The lowest BCUT2D eigenvalue weighted by molar-refractivity contribution is 0.414. The third-order valence-corrected chi connectivity index (χ3v) is 3.06. The average molecular weight is 191 g/mol. The van der Waals surface area contributed by atoms with Crippen LogP contribution in [0.4, 0.5) is 0 Å². The van der Waals surface area contributed by atoms with E-state index in [4.69, 9.17) is 10.5 Å². The van der Waals surface area contributed by atoms with Crippen molar-refractivity contribution in [1.29, 1.82) is 0 Å². The molecule has 76 valence electrons. The Hall–Kier alpha value is -1.02. The molecule has 0 aliphatic heterocycles. The van der Waals surface area contributed by atoms with E-state index in [-0.39, 0.29) is 0 Å². The maximum atomic E-state index is 5.86. The van der Waals surface area contributed by atoms with Crippen molar-refractivity contribution >= 4 is 0 Å². The monoisotopic (exact) mass is 191 g/mol. The number of hydrogen-bond acceptors (Lipinski definition) is 2. The Morgan fingerprint density at radius 1 is 1.36 bits per heavy atom. The summed E-state index contributed by atoms with van der Waals surface area (Å²) in [4.78, 5) is 0. The molecule has 0 bridgehead atoms. The van der Waals surface area contributed by atoms with Crippen LogP contribution in [-0.4, -0.2) is 13.2 Å². The molecule has 2 heteroatoms. The van der Waals surface area contributed by atoms with E-state index in [1.165, 1.54) is 12.0 Å². The van der Waals surface area contributed by atoms with Gasteiger partial charge >= 0.3 is 0 Å². The zero-order chi connectivity index (χ0) is 10.1. The van der Waals surface area contributed by atoms with Gasteiger partial charge in [-0.05, 0) is 42.9 Å². The van der Waals surface area contributed by atoms with Gasteiger partial charge in [0.15, 0.2) is 0 Å². The first kappa shape index (κ1) is 9.53. The van der Waals surface area contributed by atoms with Gasteiger partial charge in [-0.25, -0.2) is 0 Å². The van der Waals surface area contributed by atoms with E-state index in [0.717, 1.165) is 5.75 Å². The van der Waals surface area contributed by atoms with Gasteiger partial charge in [-0.1, -0.05) is 12.1 Å². The summed E-state index contributed by atoms with van der Waals surface area (Å²) in [5.41, 5.74) is 7.25. The van der Waals surface area contributed by atoms with Crippen LogP contribution in [0, 0.1) is 5.92 Å². The van der Waals surface area contributed by atoms with Crippen molar-refractivity contribution in [2.24, 2.45) is 11.7 Å². The van der Waals surface area contributed by atoms with Crippen LogP contribution in [0.5, 0.6) is 5.75 Å². The predicted octanol–water partition coefficient (Wildman–Crippen LogP) is 2.15. The van der Waals surface area contributed by atoms with Crippen molar-refractivity contribution in [3.63, 3.8) is 0 Å². The van der Waals surface area contributed by atoms with Crippen LogP contribution >= 0.6 is 0 Å². The normalized spacial score (nSPS) is 27.1. The molecule has 1 fully saturated rings. The molecule has 0 radical (unpaired) electrons. The molecule has 1 aromatic rings. The van der Waals surface area contributed by atoms with Gasteiger partial charge in [-0.2, -0.15) is 0 Å². The molecule has 0 saturated heterocycles. The van der Waals surface area contributed by atoms with Crippen LogP contribution < -0.4 is 10.5 Å². The summed E-state index contributed by atoms with van der Waals surface area (Å²) in [6, 6.07) is 8.65. The highest BCUT2D eigenvalue weighted by molar-refractivity contribution is 5.32. The van der Waals surface area contributed by atoms with E-state index in [1.54, 1.807) is 7.11 Å². The average Bonchev–Trinajstić information content (AvgIpc) is 2.97. The quantitative estimate of drug-likeness (QED) is 0.794. The Balaban J connectivity index is 2.05. The van der Waals surface area contributed by atoms with E-state index in [9.17, 15) is 0 Å². The Bertz CT molecular complexity index is 305. The van der Waals surface area contributed by atoms with E-state index in [1.807, 2.05) is 12.1 Å². The summed E-state index contributed by atoms with van der Waals surface area (Å²) in [7, 11) is 1.69. The predicted molar refractivity (Wildman–Crippen MR) is 57.5 cm³/mol. The second-order valence-corrected chi connectivity index (χ2v) is 4.14. The summed E-state index contributed by atoms with van der Waals surface area (Å²) in [6.45, 7) is 2.09. The number of ether oxygens (including phenoxy) is 1. The lowest BCUT2D eigenvalue weighted by Gasteiger charge is -2.05. The molecular weight excluding hydrogens is 174 g/mol. The Morgan fingerprint density at radius 3 is 2.43 bits per heavy atom. The van der Waals surface area contributed by atoms with Gasteiger partial charge in [-0.15, -0.1) is 0 Å². The zero-order valence-electron chi connectivity index (χ0n) is 8.73. The van der Waals surface area contributed by atoms with Crippen LogP contribution in [0.25, 0.3) is 0 Å². The Morgan fingerprint density at radius 2 is 2.00 bits per heavy atom. The van der Waals surface area contributed by atoms with Gasteiger partial charge in [0, 0.05) is 6.04 Å². The highest BCUT2D eigenvalue weighted by Gasteiger charge is 2.40. The van der Waals surface area contributed by atoms with Crippen molar-refractivity contribution in [1.82, 2.24) is 0 Å². The summed E-state index contributed by atoms with van der Waals surface area (Å²) in [6.07, 6.45) is 1.24. The molecule has 2 nitrogen and oxygen atoms in total. The van der Waals surface area contributed by atoms with Crippen molar-refractivity contribution in [3.05, 3.63) is 29.8 Å². The minimum Gasteiger partial charge on any atom is -0.497 e. The van der Waals surface area contributed by atoms with Gasteiger partial charge in [0.05, 0.1) is 7.11 Å². The second-order valence-electron chi connectivity index (χ2n) is 4.14. The molecule has 0 aromatic heterocycles. The lowest BCUT2D eigenvalue weighted by atomic mass is 10.1. The molecular formula is C12H17NO.